The van der Waals surface area contributed by atoms with Gasteiger partial charge in [-0.25, -0.2) is 5.06 Å². The molecule has 184 valence electrons. The molecular weight excluding hydrogens is 422 g/mol. The van der Waals surface area contributed by atoms with Gasteiger partial charge in [0.2, 0.25) is 0 Å². The van der Waals surface area contributed by atoms with Crippen molar-refractivity contribution in [3.8, 4) is 0 Å². The summed E-state index contributed by atoms with van der Waals surface area (Å²) < 4.78 is 0. The molecule has 4 atom stereocenters. The average Bonchev–Trinajstić information content (AvgIpc) is 3.24. The quantitative estimate of drug-likeness (QED) is 0.172. The number of nitrogens with zero attached hydrogens (tertiary/aromatic N) is 1. The fourth-order valence-electron chi connectivity index (χ4n) is 4.80. The molecule has 0 spiro atoms. The highest BCUT2D eigenvalue weighted by molar-refractivity contribution is 5.49. The van der Waals surface area contributed by atoms with Gasteiger partial charge in [-0.1, -0.05) is 106 Å². The molecule has 0 aromatic heterocycles. The van der Waals surface area contributed by atoms with Crippen molar-refractivity contribution in [3.63, 3.8) is 0 Å². The fraction of sp³-hybridized carbons (Fsp3) is 0.500. The lowest BCUT2D eigenvalue weighted by Gasteiger charge is -2.27. The zero-order valence-electron chi connectivity index (χ0n) is 20.6. The predicted molar refractivity (Wildman–Crippen MR) is 140 cm³/mol. The zero-order chi connectivity index (χ0) is 24.0. The second-order valence-electron chi connectivity index (χ2n) is 9.34. The van der Waals surface area contributed by atoms with Crippen molar-refractivity contribution in [2.75, 3.05) is 5.06 Å². The number of unbranched alkanes of at least 4 members (excludes halogenated alkanes) is 6. The first kappa shape index (κ1) is 26.2. The standard InChI is InChI=1S/C30H41NO3/c1-2-3-9-20-27(33)22-23-28-29(21-14-5-4-6-15-24-32)34-31(26-18-12-8-13-19-26)30(28)25-16-10-7-11-17-25/h7-8,10-13,16-19,22-24,27-30,33H,2-6,9,14-15,20-21H2,1H3/b23-22+/t27?,28-,29-,30-/m1/s1. The van der Waals surface area contributed by atoms with Crippen molar-refractivity contribution in [1.82, 2.24) is 0 Å². The van der Waals surface area contributed by atoms with Crippen LogP contribution in [0.2, 0.25) is 0 Å². The summed E-state index contributed by atoms with van der Waals surface area (Å²) in [5.41, 5.74) is 2.27. The Morgan fingerprint density at radius 1 is 0.941 bits per heavy atom. The molecule has 0 bridgehead atoms. The third-order valence-electron chi connectivity index (χ3n) is 6.67. The Hall–Kier alpha value is -2.43. The lowest BCUT2D eigenvalue weighted by atomic mass is 9.86. The van der Waals surface area contributed by atoms with Gasteiger partial charge in [-0.15, -0.1) is 0 Å². The molecule has 1 unspecified atom stereocenters. The second-order valence-corrected chi connectivity index (χ2v) is 9.34. The number of hydrogen-bond acceptors (Lipinski definition) is 4. The summed E-state index contributed by atoms with van der Waals surface area (Å²) in [4.78, 5) is 17.2. The van der Waals surface area contributed by atoms with E-state index in [9.17, 15) is 9.90 Å². The normalized spacial score (nSPS) is 21.2. The van der Waals surface area contributed by atoms with Gasteiger partial charge in [0.05, 0.1) is 23.9 Å². The number of aliphatic hydroxyl groups excluding tert-OH is 1. The number of hydrogen-bond donors (Lipinski definition) is 1. The second kappa shape index (κ2) is 14.7. The molecule has 0 aliphatic carbocycles. The SMILES string of the molecule is CCCCCC(O)/C=C/[C@H]1[C@@H](c2ccccc2)N(c2ccccc2)O[C@@H]1CCCCCCC=O. The molecule has 1 aliphatic heterocycles. The van der Waals surface area contributed by atoms with Crippen LogP contribution in [0.3, 0.4) is 0 Å². The van der Waals surface area contributed by atoms with Crippen LogP contribution in [0.15, 0.2) is 72.8 Å². The molecular formula is C30H41NO3. The number of carbonyl (C=O) groups excluding carboxylic acids is 1. The number of hydroxylamine groups is 1. The minimum absolute atomic E-state index is 0.0376. The number of benzene rings is 2. The molecule has 34 heavy (non-hydrogen) atoms. The van der Waals surface area contributed by atoms with E-state index in [1.54, 1.807) is 0 Å². The third kappa shape index (κ3) is 7.82. The zero-order valence-corrected chi connectivity index (χ0v) is 20.6. The van der Waals surface area contributed by atoms with Gasteiger partial charge in [0.1, 0.15) is 6.29 Å². The van der Waals surface area contributed by atoms with Crippen LogP contribution in [-0.2, 0) is 9.63 Å². The van der Waals surface area contributed by atoms with Gasteiger partial charge in [-0.2, -0.15) is 0 Å². The summed E-state index contributed by atoms with van der Waals surface area (Å²) in [6.07, 6.45) is 14.8. The molecule has 0 saturated carbocycles. The number of aldehydes is 1. The van der Waals surface area contributed by atoms with Crippen molar-refractivity contribution in [2.45, 2.75) is 89.4 Å². The summed E-state index contributed by atoms with van der Waals surface area (Å²) in [5.74, 6) is 0.137. The first-order valence-corrected chi connectivity index (χ1v) is 13.1. The van der Waals surface area contributed by atoms with Crippen LogP contribution in [0.5, 0.6) is 0 Å². The van der Waals surface area contributed by atoms with Crippen molar-refractivity contribution < 1.29 is 14.7 Å². The van der Waals surface area contributed by atoms with E-state index in [0.29, 0.717) is 6.42 Å². The topological polar surface area (TPSA) is 49.8 Å². The third-order valence-corrected chi connectivity index (χ3v) is 6.67. The molecule has 1 heterocycles. The molecule has 1 N–H and O–H groups in total. The molecule has 3 rings (SSSR count). The van der Waals surface area contributed by atoms with Crippen LogP contribution < -0.4 is 5.06 Å². The molecule has 2 aromatic carbocycles. The number of carbonyl (C=O) groups is 1. The Morgan fingerprint density at radius 3 is 2.35 bits per heavy atom. The van der Waals surface area contributed by atoms with E-state index < -0.39 is 6.10 Å². The molecule has 4 heteroatoms. The number of para-hydroxylation sites is 1. The molecule has 2 aromatic rings. The van der Waals surface area contributed by atoms with Crippen LogP contribution in [0.25, 0.3) is 0 Å². The lowest BCUT2D eigenvalue weighted by Crippen LogP contribution is -2.23. The minimum Gasteiger partial charge on any atom is -0.389 e. The summed E-state index contributed by atoms with van der Waals surface area (Å²) in [6.45, 7) is 2.18. The van der Waals surface area contributed by atoms with Crippen LogP contribution in [0, 0.1) is 5.92 Å². The lowest BCUT2D eigenvalue weighted by molar-refractivity contribution is -0.107. The maximum absolute atomic E-state index is 10.6. The molecule has 0 amide bonds. The Morgan fingerprint density at radius 2 is 1.65 bits per heavy atom. The van der Waals surface area contributed by atoms with Crippen LogP contribution in [0.1, 0.15) is 82.7 Å². The highest BCUT2D eigenvalue weighted by Crippen LogP contribution is 2.44. The van der Waals surface area contributed by atoms with Crippen molar-refractivity contribution in [1.29, 1.82) is 0 Å². The number of aliphatic hydroxyl groups is 1. The largest absolute Gasteiger partial charge is 0.389 e. The summed E-state index contributed by atoms with van der Waals surface area (Å²) >= 11 is 0. The Balaban J connectivity index is 1.81. The molecule has 1 saturated heterocycles. The monoisotopic (exact) mass is 463 g/mol. The van der Waals surface area contributed by atoms with Gasteiger partial charge in [0.25, 0.3) is 0 Å². The first-order chi connectivity index (χ1) is 16.7. The predicted octanol–water partition coefficient (Wildman–Crippen LogP) is 7.20. The summed E-state index contributed by atoms with van der Waals surface area (Å²) in [7, 11) is 0. The minimum atomic E-state index is -0.419. The average molecular weight is 464 g/mol. The van der Waals surface area contributed by atoms with Gasteiger partial charge in [-0.3, -0.25) is 4.84 Å². The molecule has 1 fully saturated rings. The van der Waals surface area contributed by atoms with Crippen LogP contribution in [0.4, 0.5) is 5.69 Å². The van der Waals surface area contributed by atoms with Crippen molar-refractivity contribution >= 4 is 12.0 Å². The van der Waals surface area contributed by atoms with Crippen molar-refractivity contribution in [3.05, 3.63) is 78.4 Å². The van der Waals surface area contributed by atoms with Gasteiger partial charge in [0, 0.05) is 12.3 Å². The summed E-state index contributed by atoms with van der Waals surface area (Å²) in [6, 6.07) is 20.9. The fourth-order valence-corrected chi connectivity index (χ4v) is 4.80. The van der Waals surface area contributed by atoms with E-state index >= 15 is 0 Å². The Labute approximate surface area is 205 Å². The van der Waals surface area contributed by atoms with Gasteiger partial charge >= 0.3 is 0 Å². The van der Waals surface area contributed by atoms with E-state index in [-0.39, 0.29) is 18.1 Å². The molecule has 1 aliphatic rings. The van der Waals surface area contributed by atoms with Gasteiger partial charge < -0.3 is 9.90 Å². The van der Waals surface area contributed by atoms with E-state index in [2.05, 4.69) is 54.5 Å². The van der Waals surface area contributed by atoms with Crippen molar-refractivity contribution in [2.24, 2.45) is 5.92 Å². The van der Waals surface area contributed by atoms with Gasteiger partial charge in [-0.05, 0) is 37.0 Å². The Bertz CT molecular complexity index is 839. The smallest absolute Gasteiger partial charge is 0.119 e. The number of rotatable bonds is 15. The molecule has 0 radical (unpaired) electrons. The van der Waals surface area contributed by atoms with Crippen LogP contribution >= 0.6 is 0 Å². The van der Waals surface area contributed by atoms with E-state index in [4.69, 9.17) is 4.84 Å². The van der Waals surface area contributed by atoms with E-state index in [1.165, 1.54) is 5.56 Å². The number of anilines is 1. The highest BCUT2D eigenvalue weighted by Gasteiger charge is 2.42. The maximum atomic E-state index is 10.6. The first-order valence-electron chi connectivity index (χ1n) is 13.1. The van der Waals surface area contributed by atoms with Gasteiger partial charge in [0.15, 0.2) is 0 Å². The Kier molecular flexibility index (Phi) is 11.4. The molecule has 4 nitrogen and oxygen atoms in total. The van der Waals surface area contributed by atoms with Crippen LogP contribution in [-0.4, -0.2) is 23.6 Å². The van der Waals surface area contributed by atoms with E-state index in [0.717, 1.165) is 69.8 Å². The maximum Gasteiger partial charge on any atom is 0.119 e. The summed E-state index contributed by atoms with van der Waals surface area (Å²) in [5, 5.41) is 12.7. The van der Waals surface area contributed by atoms with E-state index in [1.807, 2.05) is 30.3 Å². The highest BCUT2D eigenvalue weighted by atomic mass is 16.7.